The van der Waals surface area contributed by atoms with Crippen LogP contribution in [0.25, 0.3) is 0 Å². The Labute approximate surface area is 110 Å². The highest BCUT2D eigenvalue weighted by Gasteiger charge is 2.52. The molecule has 1 aromatic heterocycles. The average Bonchev–Trinajstić information content (AvgIpc) is 2.98. The lowest BCUT2D eigenvalue weighted by Crippen LogP contribution is -2.40. The standard InChI is InChI=1S/C12H17N3O4/c13-9-2-4-15(11(17)14-9)10-12(3-1-5-18-12)6-8(7-16)19-10/h2,4,8,10,16H,1,3,5-7H2,(H2,13,14,17)/t8?,10?,12-/m1/s1. The fourth-order valence-corrected chi connectivity index (χ4v) is 2.95. The van der Waals surface area contributed by atoms with Crippen LogP contribution in [0.2, 0.25) is 0 Å². The van der Waals surface area contributed by atoms with Gasteiger partial charge in [0.15, 0.2) is 6.23 Å². The molecule has 7 nitrogen and oxygen atoms in total. The summed E-state index contributed by atoms with van der Waals surface area (Å²) in [6, 6.07) is 1.56. The maximum absolute atomic E-state index is 11.9. The van der Waals surface area contributed by atoms with E-state index in [0.717, 1.165) is 12.8 Å². The van der Waals surface area contributed by atoms with E-state index in [1.807, 2.05) is 0 Å². The summed E-state index contributed by atoms with van der Waals surface area (Å²) in [7, 11) is 0. The summed E-state index contributed by atoms with van der Waals surface area (Å²) in [5.74, 6) is 0.180. The number of aliphatic hydroxyl groups is 1. The molecule has 2 fully saturated rings. The van der Waals surface area contributed by atoms with Crippen molar-refractivity contribution >= 4 is 5.82 Å². The lowest BCUT2D eigenvalue weighted by molar-refractivity contribution is -0.107. The molecule has 0 aromatic carbocycles. The van der Waals surface area contributed by atoms with Crippen molar-refractivity contribution in [3.05, 3.63) is 22.7 Å². The smallest absolute Gasteiger partial charge is 0.351 e. The lowest BCUT2D eigenvalue weighted by atomic mass is 9.94. The zero-order chi connectivity index (χ0) is 13.5. The summed E-state index contributed by atoms with van der Waals surface area (Å²) in [6.07, 6.45) is 3.03. The Morgan fingerprint density at radius 1 is 1.63 bits per heavy atom. The van der Waals surface area contributed by atoms with Gasteiger partial charge in [0.25, 0.3) is 0 Å². The summed E-state index contributed by atoms with van der Waals surface area (Å²) >= 11 is 0. The largest absolute Gasteiger partial charge is 0.394 e. The summed E-state index contributed by atoms with van der Waals surface area (Å²) in [5, 5.41) is 9.28. The molecular weight excluding hydrogens is 250 g/mol. The highest BCUT2D eigenvalue weighted by atomic mass is 16.6. The highest BCUT2D eigenvalue weighted by Crippen LogP contribution is 2.46. The first-order valence-corrected chi connectivity index (χ1v) is 6.39. The van der Waals surface area contributed by atoms with Crippen molar-refractivity contribution in [2.75, 3.05) is 18.9 Å². The van der Waals surface area contributed by atoms with Crippen molar-refractivity contribution < 1.29 is 14.6 Å². The molecule has 0 amide bonds. The number of anilines is 1. The second-order valence-electron chi connectivity index (χ2n) is 5.06. The SMILES string of the molecule is Nc1ccn(C2OC(CO)C[C@]23CCCO3)c(=O)n1. The van der Waals surface area contributed by atoms with E-state index in [4.69, 9.17) is 15.2 Å². The number of hydrogen-bond acceptors (Lipinski definition) is 6. The molecule has 2 saturated heterocycles. The van der Waals surface area contributed by atoms with Gasteiger partial charge in [-0.25, -0.2) is 4.79 Å². The summed E-state index contributed by atoms with van der Waals surface area (Å²) in [6.45, 7) is 0.563. The van der Waals surface area contributed by atoms with E-state index in [9.17, 15) is 9.90 Å². The van der Waals surface area contributed by atoms with Crippen molar-refractivity contribution in [3.8, 4) is 0 Å². The van der Waals surface area contributed by atoms with E-state index >= 15 is 0 Å². The summed E-state index contributed by atoms with van der Waals surface area (Å²) in [5.41, 5.74) is 4.50. The normalized spacial score (nSPS) is 34.2. The number of aromatic nitrogens is 2. The van der Waals surface area contributed by atoms with Crippen molar-refractivity contribution in [1.82, 2.24) is 9.55 Å². The predicted molar refractivity (Wildman–Crippen MR) is 66.4 cm³/mol. The van der Waals surface area contributed by atoms with Crippen LogP contribution in [0, 0.1) is 0 Å². The molecule has 0 aliphatic carbocycles. The van der Waals surface area contributed by atoms with Crippen LogP contribution in [-0.2, 0) is 9.47 Å². The molecule has 0 radical (unpaired) electrons. The average molecular weight is 267 g/mol. The van der Waals surface area contributed by atoms with Gasteiger partial charge in [-0.15, -0.1) is 0 Å². The molecular formula is C12H17N3O4. The predicted octanol–water partition coefficient (Wildman–Crippen LogP) is -0.345. The molecule has 2 aliphatic heterocycles. The fourth-order valence-electron chi connectivity index (χ4n) is 2.95. The summed E-state index contributed by atoms with van der Waals surface area (Å²) < 4.78 is 13.0. The number of ether oxygens (including phenoxy) is 2. The number of rotatable bonds is 2. The number of nitrogens with two attached hydrogens (primary N) is 1. The van der Waals surface area contributed by atoms with Gasteiger partial charge in [0.1, 0.15) is 11.4 Å². The second-order valence-corrected chi connectivity index (χ2v) is 5.06. The van der Waals surface area contributed by atoms with Crippen molar-refractivity contribution in [2.45, 2.75) is 37.2 Å². The molecule has 1 spiro atoms. The first kappa shape index (κ1) is 12.6. The number of aliphatic hydroxyl groups excluding tert-OH is 1. The van der Waals surface area contributed by atoms with Crippen LogP contribution in [0.15, 0.2) is 17.1 Å². The molecule has 2 aliphatic rings. The van der Waals surface area contributed by atoms with Crippen LogP contribution in [0.5, 0.6) is 0 Å². The third-order valence-corrected chi connectivity index (χ3v) is 3.79. The molecule has 0 bridgehead atoms. The third kappa shape index (κ3) is 2.03. The van der Waals surface area contributed by atoms with Crippen molar-refractivity contribution in [2.24, 2.45) is 0 Å². The molecule has 3 N–H and O–H groups in total. The first-order valence-electron chi connectivity index (χ1n) is 6.39. The van der Waals surface area contributed by atoms with Gasteiger partial charge in [-0.1, -0.05) is 0 Å². The van der Waals surface area contributed by atoms with Crippen LogP contribution in [0.4, 0.5) is 5.82 Å². The van der Waals surface area contributed by atoms with Gasteiger partial charge in [0.2, 0.25) is 0 Å². The maximum Gasteiger partial charge on any atom is 0.351 e. The molecule has 3 heterocycles. The van der Waals surface area contributed by atoms with Gasteiger partial charge in [-0.05, 0) is 18.9 Å². The lowest BCUT2D eigenvalue weighted by Gasteiger charge is -2.29. The van der Waals surface area contributed by atoms with Gasteiger partial charge in [0.05, 0.1) is 12.7 Å². The molecule has 104 valence electrons. The monoisotopic (exact) mass is 267 g/mol. The Balaban J connectivity index is 1.99. The van der Waals surface area contributed by atoms with Crippen LogP contribution >= 0.6 is 0 Å². The second kappa shape index (κ2) is 4.59. The molecule has 2 unspecified atom stereocenters. The van der Waals surface area contributed by atoms with Crippen LogP contribution < -0.4 is 11.4 Å². The molecule has 0 saturated carbocycles. The van der Waals surface area contributed by atoms with E-state index < -0.39 is 17.5 Å². The number of hydrogen-bond donors (Lipinski definition) is 2. The number of nitrogens with zero attached hydrogens (tertiary/aromatic N) is 2. The zero-order valence-corrected chi connectivity index (χ0v) is 10.5. The Kier molecular flexibility index (Phi) is 3.04. The van der Waals surface area contributed by atoms with Crippen LogP contribution in [0.1, 0.15) is 25.5 Å². The molecule has 19 heavy (non-hydrogen) atoms. The van der Waals surface area contributed by atoms with Gasteiger partial charge >= 0.3 is 5.69 Å². The van der Waals surface area contributed by atoms with Crippen LogP contribution in [0.3, 0.4) is 0 Å². The molecule has 3 atom stereocenters. The van der Waals surface area contributed by atoms with Gasteiger partial charge in [0, 0.05) is 19.2 Å². The summed E-state index contributed by atoms with van der Waals surface area (Å²) in [4.78, 5) is 15.6. The Morgan fingerprint density at radius 3 is 3.11 bits per heavy atom. The van der Waals surface area contributed by atoms with Gasteiger partial charge in [-0.2, -0.15) is 4.98 Å². The van der Waals surface area contributed by atoms with Crippen molar-refractivity contribution in [3.63, 3.8) is 0 Å². The van der Waals surface area contributed by atoms with Gasteiger partial charge < -0.3 is 20.3 Å². The Morgan fingerprint density at radius 2 is 2.47 bits per heavy atom. The third-order valence-electron chi connectivity index (χ3n) is 3.79. The van der Waals surface area contributed by atoms with Crippen molar-refractivity contribution in [1.29, 1.82) is 0 Å². The zero-order valence-electron chi connectivity index (χ0n) is 10.5. The molecule has 7 heteroatoms. The first-order chi connectivity index (χ1) is 9.14. The minimum absolute atomic E-state index is 0.0846. The highest BCUT2D eigenvalue weighted by molar-refractivity contribution is 5.23. The maximum atomic E-state index is 11.9. The van der Waals surface area contributed by atoms with Gasteiger partial charge in [-0.3, -0.25) is 4.57 Å². The van der Waals surface area contributed by atoms with E-state index in [0.29, 0.717) is 13.0 Å². The minimum Gasteiger partial charge on any atom is -0.394 e. The molecule has 1 aromatic rings. The topological polar surface area (TPSA) is 99.6 Å². The van der Waals surface area contributed by atoms with E-state index in [1.54, 1.807) is 12.3 Å². The Hall–Kier alpha value is -1.44. The fraction of sp³-hybridized carbons (Fsp3) is 0.667. The molecule has 3 rings (SSSR count). The van der Waals surface area contributed by atoms with Crippen LogP contribution in [-0.4, -0.2) is 39.6 Å². The Bertz CT molecular complexity index is 524. The van der Waals surface area contributed by atoms with E-state index in [1.165, 1.54) is 4.57 Å². The number of nitrogen functional groups attached to an aromatic ring is 1. The quantitative estimate of drug-likeness (QED) is 0.760. The van der Waals surface area contributed by atoms with E-state index in [-0.39, 0.29) is 18.5 Å². The minimum atomic E-state index is -0.548. The van der Waals surface area contributed by atoms with E-state index in [2.05, 4.69) is 4.98 Å².